The Balaban J connectivity index is 2.52. The summed E-state index contributed by atoms with van der Waals surface area (Å²) < 4.78 is 0. The Morgan fingerprint density at radius 2 is 2.21 bits per heavy atom. The van der Waals surface area contributed by atoms with Gasteiger partial charge in [-0.05, 0) is 6.92 Å². The van der Waals surface area contributed by atoms with Gasteiger partial charge < -0.3 is 21.1 Å². The molecule has 1 heterocycles. The second-order valence-electron chi connectivity index (χ2n) is 3.57. The zero-order valence-electron chi connectivity index (χ0n) is 10.3. The molecule has 19 heavy (non-hydrogen) atoms. The van der Waals surface area contributed by atoms with Crippen LogP contribution in [0.15, 0.2) is 5.38 Å². The SMILES string of the molecule is CCN(CC(N)=O)C(=O)NCc1nc(C(=O)O)cs1. The van der Waals surface area contributed by atoms with Gasteiger partial charge in [0.2, 0.25) is 5.91 Å². The van der Waals surface area contributed by atoms with Crippen LogP contribution in [0.4, 0.5) is 4.79 Å². The molecule has 0 aliphatic carbocycles. The van der Waals surface area contributed by atoms with Crippen molar-refractivity contribution in [2.45, 2.75) is 13.5 Å². The van der Waals surface area contributed by atoms with Crippen molar-refractivity contribution in [2.75, 3.05) is 13.1 Å². The molecule has 0 saturated carbocycles. The quantitative estimate of drug-likeness (QED) is 0.671. The van der Waals surface area contributed by atoms with Crippen molar-refractivity contribution in [3.05, 3.63) is 16.1 Å². The number of aromatic nitrogens is 1. The number of thiazole rings is 1. The van der Waals surface area contributed by atoms with Crippen LogP contribution < -0.4 is 11.1 Å². The van der Waals surface area contributed by atoms with Crippen LogP contribution in [0.5, 0.6) is 0 Å². The summed E-state index contributed by atoms with van der Waals surface area (Å²) >= 11 is 1.14. The van der Waals surface area contributed by atoms with Crippen molar-refractivity contribution in [3.63, 3.8) is 0 Å². The molecular formula is C10H14N4O4S. The molecule has 0 bridgehead atoms. The van der Waals surface area contributed by atoms with Crippen LogP contribution in [0, 0.1) is 0 Å². The third-order valence-corrected chi connectivity index (χ3v) is 3.03. The van der Waals surface area contributed by atoms with Crippen LogP contribution in [0.25, 0.3) is 0 Å². The molecule has 1 aromatic rings. The molecule has 0 radical (unpaired) electrons. The van der Waals surface area contributed by atoms with E-state index in [2.05, 4.69) is 10.3 Å². The molecule has 9 heteroatoms. The van der Waals surface area contributed by atoms with Gasteiger partial charge in [-0.3, -0.25) is 4.79 Å². The van der Waals surface area contributed by atoms with Gasteiger partial charge in [0, 0.05) is 11.9 Å². The average molecular weight is 286 g/mol. The molecule has 4 N–H and O–H groups in total. The summed E-state index contributed by atoms with van der Waals surface area (Å²) in [5, 5.41) is 13.1. The Labute approximate surface area is 113 Å². The number of carboxylic acids is 1. The van der Waals surface area contributed by atoms with Crippen molar-refractivity contribution in [1.29, 1.82) is 0 Å². The number of carbonyl (C=O) groups is 3. The molecule has 0 fully saturated rings. The van der Waals surface area contributed by atoms with Crippen molar-refractivity contribution in [2.24, 2.45) is 5.73 Å². The van der Waals surface area contributed by atoms with E-state index in [-0.39, 0.29) is 18.8 Å². The van der Waals surface area contributed by atoms with Crippen molar-refractivity contribution in [3.8, 4) is 0 Å². The molecule has 1 aromatic heterocycles. The van der Waals surface area contributed by atoms with E-state index in [4.69, 9.17) is 10.8 Å². The average Bonchev–Trinajstić information content (AvgIpc) is 2.81. The van der Waals surface area contributed by atoms with Crippen LogP contribution in [-0.2, 0) is 11.3 Å². The molecule has 0 unspecified atom stereocenters. The predicted octanol–water partition coefficient (Wildman–Crippen LogP) is -0.142. The Bertz CT molecular complexity index is 488. The summed E-state index contributed by atoms with van der Waals surface area (Å²) in [4.78, 5) is 38.1. The van der Waals surface area contributed by atoms with Gasteiger partial charge in [0.25, 0.3) is 0 Å². The number of urea groups is 1. The normalized spacial score (nSPS) is 9.95. The molecule has 0 aromatic carbocycles. The zero-order valence-corrected chi connectivity index (χ0v) is 11.1. The Hall–Kier alpha value is -2.16. The maximum Gasteiger partial charge on any atom is 0.355 e. The summed E-state index contributed by atoms with van der Waals surface area (Å²) in [5.74, 6) is -1.71. The van der Waals surface area contributed by atoms with E-state index in [0.29, 0.717) is 11.6 Å². The highest BCUT2D eigenvalue weighted by Crippen LogP contribution is 2.09. The van der Waals surface area contributed by atoms with Crippen LogP contribution in [-0.4, -0.2) is 46.0 Å². The summed E-state index contributed by atoms with van der Waals surface area (Å²) in [5.41, 5.74) is 4.96. The molecule has 0 atom stereocenters. The fraction of sp³-hybridized carbons (Fsp3) is 0.400. The highest BCUT2D eigenvalue weighted by molar-refractivity contribution is 7.09. The van der Waals surface area contributed by atoms with E-state index in [1.807, 2.05) is 0 Å². The van der Waals surface area contributed by atoms with E-state index in [1.54, 1.807) is 6.92 Å². The number of nitrogens with one attached hydrogen (secondary N) is 1. The number of hydrogen-bond donors (Lipinski definition) is 3. The summed E-state index contributed by atoms with van der Waals surface area (Å²) in [6.45, 7) is 1.99. The minimum atomic E-state index is -1.11. The number of amides is 3. The number of hydrogen-bond acceptors (Lipinski definition) is 5. The summed E-state index contributed by atoms with van der Waals surface area (Å²) in [6, 6.07) is -0.451. The number of nitrogens with two attached hydrogens (primary N) is 1. The minimum absolute atomic E-state index is 0.0567. The Kier molecular flexibility index (Phi) is 5.24. The van der Waals surface area contributed by atoms with Crippen LogP contribution in [0.2, 0.25) is 0 Å². The van der Waals surface area contributed by atoms with E-state index in [0.717, 1.165) is 11.3 Å². The third kappa shape index (κ3) is 4.54. The molecule has 3 amide bonds. The number of aromatic carboxylic acids is 1. The molecule has 0 aliphatic heterocycles. The maximum atomic E-state index is 11.7. The van der Waals surface area contributed by atoms with E-state index >= 15 is 0 Å². The first-order valence-corrected chi connectivity index (χ1v) is 6.30. The fourth-order valence-corrected chi connectivity index (χ4v) is 1.98. The standard InChI is InChI=1S/C10H14N4O4S/c1-2-14(4-7(11)15)10(18)12-3-8-13-6(5-19-8)9(16)17/h5H,2-4H2,1H3,(H2,11,15)(H,12,18)(H,16,17). The summed E-state index contributed by atoms with van der Waals surface area (Å²) in [7, 11) is 0. The van der Waals surface area contributed by atoms with E-state index < -0.39 is 17.9 Å². The van der Waals surface area contributed by atoms with Gasteiger partial charge >= 0.3 is 12.0 Å². The third-order valence-electron chi connectivity index (χ3n) is 2.18. The highest BCUT2D eigenvalue weighted by Gasteiger charge is 2.14. The van der Waals surface area contributed by atoms with Crippen LogP contribution >= 0.6 is 11.3 Å². The lowest BCUT2D eigenvalue weighted by Crippen LogP contribution is -2.43. The smallest absolute Gasteiger partial charge is 0.355 e. The van der Waals surface area contributed by atoms with Crippen molar-refractivity contribution >= 4 is 29.2 Å². The van der Waals surface area contributed by atoms with Gasteiger partial charge in [-0.25, -0.2) is 14.6 Å². The number of likely N-dealkylation sites (N-methyl/N-ethyl adjacent to an activating group) is 1. The molecular weight excluding hydrogens is 272 g/mol. The van der Waals surface area contributed by atoms with Crippen molar-refractivity contribution < 1.29 is 19.5 Å². The van der Waals surface area contributed by atoms with E-state index in [9.17, 15) is 14.4 Å². The van der Waals surface area contributed by atoms with Gasteiger partial charge in [-0.1, -0.05) is 0 Å². The zero-order chi connectivity index (χ0) is 14.4. The minimum Gasteiger partial charge on any atom is -0.476 e. The molecule has 0 saturated heterocycles. The van der Waals surface area contributed by atoms with Gasteiger partial charge in [-0.15, -0.1) is 11.3 Å². The van der Waals surface area contributed by atoms with Crippen LogP contribution in [0.3, 0.4) is 0 Å². The number of rotatable bonds is 6. The first-order chi connectivity index (χ1) is 8.93. The van der Waals surface area contributed by atoms with Gasteiger partial charge in [0.1, 0.15) is 11.6 Å². The Morgan fingerprint density at radius 3 is 2.68 bits per heavy atom. The largest absolute Gasteiger partial charge is 0.476 e. The van der Waals surface area contributed by atoms with Gasteiger partial charge in [0.05, 0.1) is 6.54 Å². The summed E-state index contributed by atoms with van der Waals surface area (Å²) in [6.07, 6.45) is 0. The first-order valence-electron chi connectivity index (χ1n) is 5.42. The Morgan fingerprint density at radius 1 is 1.53 bits per heavy atom. The number of carboxylic acid groups (broad SMARTS) is 1. The number of carbonyl (C=O) groups excluding carboxylic acids is 2. The molecule has 104 valence electrons. The monoisotopic (exact) mass is 286 g/mol. The van der Waals surface area contributed by atoms with Crippen LogP contribution in [0.1, 0.15) is 22.4 Å². The molecule has 0 spiro atoms. The highest BCUT2D eigenvalue weighted by atomic mass is 32.1. The van der Waals surface area contributed by atoms with Gasteiger partial charge in [-0.2, -0.15) is 0 Å². The van der Waals surface area contributed by atoms with E-state index in [1.165, 1.54) is 10.3 Å². The lowest BCUT2D eigenvalue weighted by atomic mass is 10.5. The van der Waals surface area contributed by atoms with Gasteiger partial charge in [0.15, 0.2) is 5.69 Å². The first kappa shape index (κ1) is 14.9. The second-order valence-corrected chi connectivity index (χ2v) is 4.51. The second kappa shape index (κ2) is 6.69. The van der Waals surface area contributed by atoms with Crippen molar-refractivity contribution in [1.82, 2.24) is 15.2 Å². The lowest BCUT2D eigenvalue weighted by Gasteiger charge is -2.19. The fourth-order valence-electron chi connectivity index (χ4n) is 1.27. The lowest BCUT2D eigenvalue weighted by molar-refractivity contribution is -0.118. The predicted molar refractivity (Wildman–Crippen MR) is 67.8 cm³/mol. The maximum absolute atomic E-state index is 11.7. The number of nitrogens with zero attached hydrogens (tertiary/aromatic N) is 2. The topological polar surface area (TPSA) is 126 Å². The molecule has 1 rings (SSSR count). The number of primary amides is 1. The molecule has 8 nitrogen and oxygen atoms in total. The molecule has 0 aliphatic rings.